The average molecular weight is 272 g/mol. The zero-order chi connectivity index (χ0) is 14.4. The number of piperazine rings is 1. The number of carbonyl (C=O) groups is 2. The number of hydrogen-bond donors (Lipinski definition) is 1. The van der Waals surface area contributed by atoms with Gasteiger partial charge in [0.05, 0.1) is 13.2 Å². The molecular formula is C12H24N4O3. The van der Waals surface area contributed by atoms with Crippen LogP contribution >= 0.6 is 0 Å². The number of nitrogens with zero attached hydrogens (tertiary/aromatic N) is 3. The highest BCUT2D eigenvalue weighted by molar-refractivity contribution is 5.82. The summed E-state index contributed by atoms with van der Waals surface area (Å²) in [5, 5.41) is 0. The predicted molar refractivity (Wildman–Crippen MR) is 71.6 cm³/mol. The summed E-state index contributed by atoms with van der Waals surface area (Å²) >= 11 is 0. The fraction of sp³-hybridized carbons (Fsp3) is 0.833. The molecule has 1 aliphatic heterocycles. The second-order valence-electron chi connectivity index (χ2n) is 4.95. The SMILES string of the molecule is COCC(N)C(=O)N1CCN(CC(=O)N(C)C)CC1. The molecule has 7 nitrogen and oxygen atoms in total. The molecule has 0 spiro atoms. The second-order valence-corrected chi connectivity index (χ2v) is 4.95. The van der Waals surface area contributed by atoms with Crippen LogP contribution in [0.2, 0.25) is 0 Å². The van der Waals surface area contributed by atoms with Gasteiger partial charge in [0.15, 0.2) is 0 Å². The number of hydrogen-bond acceptors (Lipinski definition) is 5. The molecule has 2 N–H and O–H groups in total. The van der Waals surface area contributed by atoms with E-state index >= 15 is 0 Å². The average Bonchev–Trinajstić information content (AvgIpc) is 2.39. The number of rotatable bonds is 5. The monoisotopic (exact) mass is 272 g/mol. The molecule has 1 saturated heterocycles. The lowest BCUT2D eigenvalue weighted by Crippen LogP contribution is -2.55. The van der Waals surface area contributed by atoms with Crippen LogP contribution in [0.4, 0.5) is 0 Å². The molecule has 2 amide bonds. The van der Waals surface area contributed by atoms with Crippen molar-refractivity contribution in [3.8, 4) is 0 Å². The third-order valence-corrected chi connectivity index (χ3v) is 3.21. The quantitative estimate of drug-likeness (QED) is 0.638. The Kier molecular flexibility index (Phi) is 6.20. The summed E-state index contributed by atoms with van der Waals surface area (Å²) in [5.41, 5.74) is 5.72. The van der Waals surface area contributed by atoms with Crippen molar-refractivity contribution in [2.45, 2.75) is 6.04 Å². The van der Waals surface area contributed by atoms with Crippen LogP contribution in [0.5, 0.6) is 0 Å². The van der Waals surface area contributed by atoms with Gasteiger partial charge in [-0.1, -0.05) is 0 Å². The van der Waals surface area contributed by atoms with E-state index in [9.17, 15) is 9.59 Å². The molecule has 0 aromatic rings. The van der Waals surface area contributed by atoms with Crippen LogP contribution in [-0.4, -0.2) is 93.1 Å². The fourth-order valence-electron chi connectivity index (χ4n) is 1.94. The lowest BCUT2D eigenvalue weighted by molar-refractivity contribution is -0.136. The van der Waals surface area contributed by atoms with Crippen molar-refractivity contribution in [3.05, 3.63) is 0 Å². The molecule has 1 rings (SSSR count). The standard InChI is InChI=1S/C12H24N4O3/c1-14(2)11(17)8-15-4-6-16(7-5-15)12(18)10(13)9-19-3/h10H,4-9,13H2,1-3H3. The molecule has 1 atom stereocenters. The summed E-state index contributed by atoms with van der Waals surface area (Å²) in [7, 11) is 5.01. The molecule has 1 heterocycles. The number of methoxy groups -OCH3 is 1. The first kappa shape index (κ1) is 15.9. The van der Waals surface area contributed by atoms with Gasteiger partial charge in [0.2, 0.25) is 11.8 Å². The summed E-state index contributed by atoms with van der Waals surface area (Å²) in [4.78, 5) is 28.9. The number of amides is 2. The van der Waals surface area contributed by atoms with Crippen molar-refractivity contribution < 1.29 is 14.3 Å². The molecule has 0 aromatic carbocycles. The van der Waals surface area contributed by atoms with Gasteiger partial charge in [0.25, 0.3) is 0 Å². The number of nitrogens with two attached hydrogens (primary N) is 1. The van der Waals surface area contributed by atoms with Crippen LogP contribution in [-0.2, 0) is 14.3 Å². The Morgan fingerprint density at radius 1 is 1.26 bits per heavy atom. The molecule has 0 aliphatic carbocycles. The maximum Gasteiger partial charge on any atom is 0.241 e. The van der Waals surface area contributed by atoms with Crippen molar-refractivity contribution in [2.75, 3.05) is 60.5 Å². The largest absolute Gasteiger partial charge is 0.383 e. The van der Waals surface area contributed by atoms with Crippen molar-refractivity contribution >= 4 is 11.8 Å². The molecule has 7 heteroatoms. The Hall–Kier alpha value is -1.18. The Balaban J connectivity index is 2.36. The van der Waals surface area contributed by atoms with Crippen molar-refractivity contribution in [2.24, 2.45) is 5.73 Å². The van der Waals surface area contributed by atoms with E-state index < -0.39 is 6.04 Å². The topological polar surface area (TPSA) is 79.1 Å². The van der Waals surface area contributed by atoms with Gasteiger partial charge in [-0.05, 0) is 0 Å². The van der Waals surface area contributed by atoms with E-state index in [1.54, 1.807) is 23.9 Å². The van der Waals surface area contributed by atoms with Crippen LogP contribution < -0.4 is 5.73 Å². The smallest absolute Gasteiger partial charge is 0.241 e. The molecule has 0 bridgehead atoms. The molecule has 0 saturated carbocycles. The van der Waals surface area contributed by atoms with Crippen LogP contribution in [0.25, 0.3) is 0 Å². The van der Waals surface area contributed by atoms with E-state index in [4.69, 9.17) is 10.5 Å². The molecule has 0 aromatic heterocycles. The Labute approximate surface area is 114 Å². The lowest BCUT2D eigenvalue weighted by atomic mass is 10.2. The Bertz CT molecular complexity index is 314. The van der Waals surface area contributed by atoms with E-state index in [-0.39, 0.29) is 18.4 Å². The third kappa shape index (κ3) is 4.77. The Morgan fingerprint density at radius 3 is 2.32 bits per heavy atom. The minimum absolute atomic E-state index is 0.0795. The number of likely N-dealkylation sites (N-methyl/N-ethyl adjacent to an activating group) is 1. The van der Waals surface area contributed by atoms with Crippen LogP contribution in [0, 0.1) is 0 Å². The van der Waals surface area contributed by atoms with E-state index in [1.807, 2.05) is 4.90 Å². The highest BCUT2D eigenvalue weighted by Crippen LogP contribution is 2.04. The molecule has 1 unspecified atom stereocenters. The molecule has 0 radical (unpaired) electrons. The van der Waals surface area contributed by atoms with Crippen molar-refractivity contribution in [3.63, 3.8) is 0 Å². The third-order valence-electron chi connectivity index (χ3n) is 3.21. The second kappa shape index (κ2) is 7.42. The minimum atomic E-state index is -0.597. The van der Waals surface area contributed by atoms with Gasteiger partial charge in [-0.3, -0.25) is 14.5 Å². The van der Waals surface area contributed by atoms with Gasteiger partial charge in [0, 0.05) is 47.4 Å². The van der Waals surface area contributed by atoms with E-state index in [2.05, 4.69) is 0 Å². The van der Waals surface area contributed by atoms with Crippen LogP contribution in [0.15, 0.2) is 0 Å². The first-order valence-electron chi connectivity index (χ1n) is 6.41. The van der Waals surface area contributed by atoms with Crippen molar-refractivity contribution in [1.29, 1.82) is 0 Å². The normalized spacial score (nSPS) is 18.2. The molecule has 110 valence electrons. The molecular weight excluding hydrogens is 248 g/mol. The highest BCUT2D eigenvalue weighted by Gasteiger charge is 2.26. The predicted octanol–water partition coefficient (Wildman–Crippen LogP) is -1.81. The number of ether oxygens (including phenoxy) is 1. The van der Waals surface area contributed by atoms with E-state index in [0.29, 0.717) is 32.7 Å². The van der Waals surface area contributed by atoms with Gasteiger partial charge in [-0.2, -0.15) is 0 Å². The van der Waals surface area contributed by atoms with Gasteiger partial charge >= 0.3 is 0 Å². The van der Waals surface area contributed by atoms with E-state index in [1.165, 1.54) is 7.11 Å². The Morgan fingerprint density at radius 2 is 1.84 bits per heavy atom. The van der Waals surface area contributed by atoms with Crippen LogP contribution in [0.3, 0.4) is 0 Å². The fourth-order valence-corrected chi connectivity index (χ4v) is 1.94. The first-order chi connectivity index (χ1) is 8.95. The summed E-state index contributed by atoms with van der Waals surface area (Å²) in [6, 6.07) is -0.597. The maximum absolute atomic E-state index is 12.0. The summed E-state index contributed by atoms with van der Waals surface area (Å²) in [6.07, 6.45) is 0. The van der Waals surface area contributed by atoms with Gasteiger partial charge in [0.1, 0.15) is 6.04 Å². The summed E-state index contributed by atoms with van der Waals surface area (Å²) < 4.78 is 4.88. The number of carbonyl (C=O) groups excluding carboxylic acids is 2. The van der Waals surface area contributed by atoms with Gasteiger partial charge < -0.3 is 20.3 Å². The zero-order valence-corrected chi connectivity index (χ0v) is 12.0. The maximum atomic E-state index is 12.0. The summed E-state index contributed by atoms with van der Waals surface area (Å²) in [6.45, 7) is 3.25. The lowest BCUT2D eigenvalue weighted by Gasteiger charge is -2.35. The van der Waals surface area contributed by atoms with Crippen molar-refractivity contribution in [1.82, 2.24) is 14.7 Å². The molecule has 1 aliphatic rings. The molecule has 1 fully saturated rings. The van der Waals surface area contributed by atoms with E-state index in [0.717, 1.165) is 0 Å². The summed E-state index contributed by atoms with van der Waals surface area (Å²) in [5.74, 6) is -0.00343. The minimum Gasteiger partial charge on any atom is -0.383 e. The highest BCUT2D eigenvalue weighted by atomic mass is 16.5. The molecule has 19 heavy (non-hydrogen) atoms. The van der Waals surface area contributed by atoms with Gasteiger partial charge in [-0.25, -0.2) is 0 Å². The van der Waals surface area contributed by atoms with Gasteiger partial charge in [-0.15, -0.1) is 0 Å². The van der Waals surface area contributed by atoms with Crippen LogP contribution in [0.1, 0.15) is 0 Å². The zero-order valence-electron chi connectivity index (χ0n) is 12.0. The first-order valence-corrected chi connectivity index (χ1v) is 6.41.